The van der Waals surface area contributed by atoms with Gasteiger partial charge in [-0.25, -0.2) is 0 Å². The number of carbonyl (C=O) groups excluding carboxylic acids is 2. The second kappa shape index (κ2) is 10.1. The molecule has 8 nitrogen and oxygen atoms in total. The highest BCUT2D eigenvalue weighted by Gasteiger charge is 2.26. The van der Waals surface area contributed by atoms with Crippen LogP contribution in [-0.2, 0) is 18.2 Å². The number of pyridine rings is 1. The van der Waals surface area contributed by atoms with Crippen molar-refractivity contribution in [2.24, 2.45) is 13.0 Å². The molecule has 0 radical (unpaired) electrons. The molecule has 0 unspecified atom stereocenters. The lowest BCUT2D eigenvalue weighted by atomic mass is 9.96. The highest BCUT2D eigenvalue weighted by atomic mass is 16.5. The maximum Gasteiger partial charge on any atom is 0.276 e. The number of nitrogens with zero attached hydrogens (tertiary/aromatic N) is 4. The van der Waals surface area contributed by atoms with Crippen molar-refractivity contribution in [3.05, 3.63) is 89.9 Å². The van der Waals surface area contributed by atoms with Crippen LogP contribution in [0.4, 0.5) is 5.69 Å². The van der Waals surface area contributed by atoms with Gasteiger partial charge in [-0.2, -0.15) is 5.10 Å². The average Bonchev–Trinajstić information content (AvgIpc) is 3.18. The Morgan fingerprint density at radius 1 is 1.09 bits per heavy atom. The van der Waals surface area contributed by atoms with Gasteiger partial charge in [-0.15, -0.1) is 0 Å². The largest absolute Gasteiger partial charge is 0.379 e. The van der Waals surface area contributed by atoms with Gasteiger partial charge in [0.25, 0.3) is 11.8 Å². The number of amides is 2. The van der Waals surface area contributed by atoms with Gasteiger partial charge in [-0.3, -0.25) is 19.3 Å². The van der Waals surface area contributed by atoms with Gasteiger partial charge in [-0.1, -0.05) is 30.3 Å². The van der Waals surface area contributed by atoms with Crippen LogP contribution in [0.15, 0.2) is 73.1 Å². The first kappa shape index (κ1) is 22.7. The Labute approximate surface area is 203 Å². The summed E-state index contributed by atoms with van der Waals surface area (Å²) >= 11 is 0. The van der Waals surface area contributed by atoms with E-state index in [-0.39, 0.29) is 17.7 Å². The van der Waals surface area contributed by atoms with Crippen molar-refractivity contribution < 1.29 is 14.3 Å². The molecule has 4 aromatic rings. The molecule has 35 heavy (non-hydrogen) atoms. The van der Waals surface area contributed by atoms with Crippen LogP contribution in [0.25, 0.3) is 10.9 Å². The lowest BCUT2D eigenvalue weighted by Crippen LogP contribution is -2.37. The van der Waals surface area contributed by atoms with Crippen LogP contribution in [-0.4, -0.2) is 57.8 Å². The summed E-state index contributed by atoms with van der Waals surface area (Å²) in [6.45, 7) is 2.12. The molecule has 178 valence electrons. The zero-order valence-electron chi connectivity index (χ0n) is 19.6. The minimum atomic E-state index is -0.354. The summed E-state index contributed by atoms with van der Waals surface area (Å²) in [5, 5.41) is 8.11. The fourth-order valence-electron chi connectivity index (χ4n) is 4.52. The van der Waals surface area contributed by atoms with Gasteiger partial charge in [0.05, 0.1) is 30.0 Å². The summed E-state index contributed by atoms with van der Waals surface area (Å²) in [5.74, 6) is -0.341. The lowest BCUT2D eigenvalue weighted by molar-refractivity contribution is 0.0738. The van der Waals surface area contributed by atoms with Crippen LogP contribution in [0, 0.1) is 5.92 Å². The van der Waals surface area contributed by atoms with Gasteiger partial charge in [0, 0.05) is 43.8 Å². The fraction of sp³-hybridized carbons (Fsp3) is 0.259. The van der Waals surface area contributed by atoms with E-state index in [0.717, 1.165) is 17.3 Å². The number of aromatic nitrogens is 3. The molecule has 8 heteroatoms. The second-order valence-corrected chi connectivity index (χ2v) is 8.76. The summed E-state index contributed by atoms with van der Waals surface area (Å²) in [6.07, 6.45) is 4.28. The van der Waals surface area contributed by atoms with E-state index in [1.54, 1.807) is 54.5 Å². The van der Waals surface area contributed by atoms with Crippen molar-refractivity contribution in [3.63, 3.8) is 0 Å². The number of rotatable bonds is 5. The predicted molar refractivity (Wildman–Crippen MR) is 133 cm³/mol. The molecule has 0 aliphatic carbocycles. The van der Waals surface area contributed by atoms with E-state index in [0.29, 0.717) is 43.2 Å². The normalized spacial score (nSPS) is 16.1. The van der Waals surface area contributed by atoms with Crippen LogP contribution >= 0.6 is 0 Å². The van der Waals surface area contributed by atoms with Crippen LogP contribution in [0.1, 0.15) is 26.4 Å². The van der Waals surface area contributed by atoms with Crippen LogP contribution < -0.4 is 5.32 Å². The smallest absolute Gasteiger partial charge is 0.276 e. The summed E-state index contributed by atoms with van der Waals surface area (Å²) in [7, 11) is 1.75. The van der Waals surface area contributed by atoms with Crippen molar-refractivity contribution in [1.82, 2.24) is 19.7 Å². The summed E-state index contributed by atoms with van der Waals surface area (Å²) in [5.41, 5.74) is 3.37. The van der Waals surface area contributed by atoms with E-state index < -0.39 is 0 Å². The summed E-state index contributed by atoms with van der Waals surface area (Å²) in [4.78, 5) is 32.5. The standard InChI is InChI=1S/C27H27N5O3/c1-31-13-11-25(30-31)26(33)29-24-9-3-2-7-22(24)27(34)32-14-15-35-18-19(17-32)16-20-6-4-10-23-21(20)8-5-12-28-23/h2-13,19H,14-18H2,1H3,(H,29,33)/t19-/m0/s1. The Hall–Kier alpha value is -4.04. The van der Waals surface area contributed by atoms with E-state index in [1.807, 2.05) is 23.1 Å². The number of hydrogen-bond acceptors (Lipinski definition) is 5. The number of para-hydroxylation sites is 1. The molecule has 1 atom stereocenters. The molecule has 0 saturated carbocycles. The molecule has 3 heterocycles. The monoisotopic (exact) mass is 469 g/mol. The van der Waals surface area contributed by atoms with Gasteiger partial charge in [0.15, 0.2) is 5.69 Å². The summed E-state index contributed by atoms with van der Waals surface area (Å²) < 4.78 is 7.44. The highest BCUT2D eigenvalue weighted by Crippen LogP contribution is 2.24. The molecule has 2 aromatic heterocycles. The van der Waals surface area contributed by atoms with Crippen LogP contribution in [0.2, 0.25) is 0 Å². The number of nitrogens with one attached hydrogen (secondary N) is 1. The van der Waals surface area contributed by atoms with Crippen LogP contribution in [0.5, 0.6) is 0 Å². The molecular weight excluding hydrogens is 442 g/mol. The fourth-order valence-corrected chi connectivity index (χ4v) is 4.52. The first-order valence-corrected chi connectivity index (χ1v) is 11.7. The van der Waals surface area contributed by atoms with Crippen molar-refractivity contribution in [2.45, 2.75) is 6.42 Å². The maximum atomic E-state index is 13.6. The minimum absolute atomic E-state index is 0.128. The van der Waals surface area contributed by atoms with Crippen LogP contribution in [0.3, 0.4) is 0 Å². The molecule has 5 rings (SSSR count). The van der Waals surface area contributed by atoms with Gasteiger partial charge >= 0.3 is 0 Å². The maximum absolute atomic E-state index is 13.6. The number of fused-ring (bicyclic) bond motifs is 1. The molecule has 1 aliphatic rings. The molecule has 2 aromatic carbocycles. The molecule has 0 spiro atoms. The van der Waals surface area contributed by atoms with Crippen molar-refractivity contribution in [1.29, 1.82) is 0 Å². The van der Waals surface area contributed by atoms with Gasteiger partial charge in [0.2, 0.25) is 0 Å². The molecule has 0 bridgehead atoms. The zero-order valence-corrected chi connectivity index (χ0v) is 19.6. The van der Waals surface area contributed by atoms with Gasteiger partial charge < -0.3 is 15.0 Å². The number of benzene rings is 2. The Morgan fingerprint density at radius 2 is 1.97 bits per heavy atom. The lowest BCUT2D eigenvalue weighted by Gasteiger charge is -2.25. The Bertz CT molecular complexity index is 1360. The number of anilines is 1. The van der Waals surface area contributed by atoms with Gasteiger partial charge in [0.1, 0.15) is 0 Å². The Balaban J connectivity index is 1.34. The quantitative estimate of drug-likeness (QED) is 0.483. The first-order valence-electron chi connectivity index (χ1n) is 11.7. The SMILES string of the molecule is Cn1ccc(C(=O)Nc2ccccc2C(=O)N2CCOC[C@@H](Cc3cccc4ncccc34)C2)n1. The first-order chi connectivity index (χ1) is 17.1. The number of carbonyl (C=O) groups is 2. The number of ether oxygens (including phenoxy) is 1. The summed E-state index contributed by atoms with van der Waals surface area (Å²) in [6, 6.07) is 18.9. The molecule has 2 amide bonds. The van der Waals surface area contributed by atoms with E-state index in [1.165, 1.54) is 5.56 Å². The Kier molecular flexibility index (Phi) is 6.54. The Morgan fingerprint density at radius 3 is 2.83 bits per heavy atom. The van der Waals surface area contributed by atoms with E-state index in [2.05, 4.69) is 27.5 Å². The van der Waals surface area contributed by atoms with Crippen molar-refractivity contribution in [2.75, 3.05) is 31.6 Å². The highest BCUT2D eigenvalue weighted by molar-refractivity contribution is 6.08. The number of hydrogen-bond donors (Lipinski definition) is 1. The number of aryl methyl sites for hydroxylation is 1. The average molecular weight is 470 g/mol. The molecule has 1 aliphatic heterocycles. The van der Waals surface area contributed by atoms with E-state index >= 15 is 0 Å². The topological polar surface area (TPSA) is 89.4 Å². The molecule has 1 saturated heterocycles. The molecule has 1 N–H and O–H groups in total. The van der Waals surface area contributed by atoms with Crippen molar-refractivity contribution >= 4 is 28.4 Å². The zero-order chi connectivity index (χ0) is 24.2. The molecular formula is C27H27N5O3. The second-order valence-electron chi connectivity index (χ2n) is 8.76. The van der Waals surface area contributed by atoms with E-state index in [9.17, 15) is 9.59 Å². The predicted octanol–water partition coefficient (Wildman–Crippen LogP) is 3.55. The van der Waals surface area contributed by atoms with Crippen molar-refractivity contribution in [3.8, 4) is 0 Å². The third kappa shape index (κ3) is 5.07. The van der Waals surface area contributed by atoms with Gasteiger partial charge in [-0.05, 0) is 42.3 Å². The molecule has 1 fully saturated rings. The van der Waals surface area contributed by atoms with E-state index in [4.69, 9.17) is 4.74 Å². The third-order valence-corrected chi connectivity index (χ3v) is 6.22. The third-order valence-electron chi connectivity index (χ3n) is 6.22. The minimum Gasteiger partial charge on any atom is -0.379 e.